The van der Waals surface area contributed by atoms with E-state index < -0.39 is 17.6 Å². The Morgan fingerprint density at radius 1 is 1.27 bits per heavy atom. The number of rotatable bonds is 2. The molecule has 1 atom stereocenters. The first-order valence-corrected chi connectivity index (χ1v) is 6.67. The highest BCUT2D eigenvalue weighted by Crippen LogP contribution is 2.25. The lowest BCUT2D eigenvalue weighted by Gasteiger charge is -2.16. The molecule has 6 heteroatoms. The van der Waals surface area contributed by atoms with Crippen LogP contribution in [0, 0.1) is 18.7 Å². The van der Waals surface area contributed by atoms with Crippen molar-refractivity contribution in [2.45, 2.75) is 6.92 Å². The van der Waals surface area contributed by atoms with Gasteiger partial charge in [-0.1, -0.05) is 6.07 Å². The number of nitrogens with zero attached hydrogens (tertiary/aromatic N) is 2. The molecule has 1 N–H and O–H groups in total. The van der Waals surface area contributed by atoms with Gasteiger partial charge in [0.1, 0.15) is 11.7 Å². The summed E-state index contributed by atoms with van der Waals surface area (Å²) in [6.45, 7) is 1.79. The highest BCUT2D eigenvalue weighted by atomic mass is 19.1. The molecule has 0 saturated carbocycles. The second kappa shape index (κ2) is 5.48. The average molecular weight is 297 g/mol. The minimum absolute atomic E-state index is 0.291. The van der Waals surface area contributed by atoms with Crippen molar-refractivity contribution in [1.82, 2.24) is 4.98 Å². The molecule has 2 heterocycles. The number of anilines is 1. The number of halogens is 1. The van der Waals surface area contributed by atoms with Gasteiger partial charge in [0.05, 0.1) is 5.56 Å². The number of amides is 1. The lowest BCUT2D eigenvalue weighted by atomic mass is 9.95. The molecule has 2 aromatic rings. The number of nitrogens with one attached hydrogen (secondary N) is 1. The molecule has 1 unspecified atom stereocenters. The molecule has 0 spiro atoms. The quantitative estimate of drug-likeness (QED) is 0.866. The second-order valence-corrected chi connectivity index (χ2v) is 4.94. The summed E-state index contributed by atoms with van der Waals surface area (Å²) >= 11 is 0. The zero-order chi connectivity index (χ0) is 15.7. The molecule has 1 amide bonds. The average Bonchev–Trinajstić information content (AvgIpc) is 2.47. The van der Waals surface area contributed by atoms with Gasteiger partial charge in [0.2, 0.25) is 5.91 Å². The number of carbonyl (C=O) groups is 2. The van der Waals surface area contributed by atoms with E-state index in [2.05, 4.69) is 15.3 Å². The fraction of sp³-hybridized carbons (Fsp3) is 0.125. The number of aromatic nitrogens is 1. The Hall–Kier alpha value is -2.89. The molecule has 1 aromatic heterocycles. The van der Waals surface area contributed by atoms with E-state index in [1.807, 2.05) is 0 Å². The van der Waals surface area contributed by atoms with Crippen molar-refractivity contribution >= 4 is 29.4 Å². The minimum Gasteiger partial charge on any atom is -0.325 e. The highest BCUT2D eigenvalue weighted by Gasteiger charge is 2.31. The van der Waals surface area contributed by atoms with E-state index in [-0.39, 0.29) is 5.78 Å². The molecular weight excluding hydrogens is 285 g/mol. The normalized spacial score (nSPS) is 16.3. The zero-order valence-electron chi connectivity index (χ0n) is 11.7. The molecule has 0 bridgehead atoms. The Morgan fingerprint density at radius 2 is 2.09 bits per heavy atom. The van der Waals surface area contributed by atoms with Crippen molar-refractivity contribution in [3.63, 3.8) is 0 Å². The van der Waals surface area contributed by atoms with E-state index in [0.717, 1.165) is 5.69 Å². The van der Waals surface area contributed by atoms with Crippen molar-refractivity contribution in [3.05, 3.63) is 53.5 Å². The SMILES string of the molecule is Cc1ccc2c(n1)N=CC(C(=O)Nc1cccc(F)c1)C2=O. The van der Waals surface area contributed by atoms with Crippen LogP contribution < -0.4 is 5.32 Å². The summed E-state index contributed by atoms with van der Waals surface area (Å²) < 4.78 is 13.1. The molecule has 0 aliphatic carbocycles. The lowest BCUT2D eigenvalue weighted by molar-refractivity contribution is -0.116. The van der Waals surface area contributed by atoms with Gasteiger partial charge in [0, 0.05) is 17.6 Å². The number of aryl methyl sites for hydroxylation is 1. The van der Waals surface area contributed by atoms with Crippen LogP contribution in [0.3, 0.4) is 0 Å². The summed E-state index contributed by atoms with van der Waals surface area (Å²) in [7, 11) is 0. The summed E-state index contributed by atoms with van der Waals surface area (Å²) in [4.78, 5) is 32.8. The molecule has 1 aromatic carbocycles. The monoisotopic (exact) mass is 297 g/mol. The summed E-state index contributed by atoms with van der Waals surface area (Å²) in [5.74, 6) is -2.11. The van der Waals surface area contributed by atoms with Gasteiger partial charge < -0.3 is 5.32 Å². The molecular formula is C16H12FN3O2. The summed E-state index contributed by atoms with van der Waals surface area (Å²) in [5.41, 5.74) is 1.35. The molecule has 0 saturated heterocycles. The molecule has 22 heavy (non-hydrogen) atoms. The Kier molecular flexibility index (Phi) is 3.50. The number of carbonyl (C=O) groups excluding carboxylic acids is 2. The Morgan fingerprint density at radius 3 is 2.86 bits per heavy atom. The first kappa shape index (κ1) is 14.1. The van der Waals surface area contributed by atoms with Crippen molar-refractivity contribution in [1.29, 1.82) is 0 Å². The van der Waals surface area contributed by atoms with E-state index in [4.69, 9.17) is 0 Å². The van der Waals surface area contributed by atoms with Gasteiger partial charge in [0.25, 0.3) is 0 Å². The van der Waals surface area contributed by atoms with Crippen LogP contribution in [-0.4, -0.2) is 22.9 Å². The van der Waals surface area contributed by atoms with E-state index in [1.54, 1.807) is 25.1 Å². The third-order valence-corrected chi connectivity index (χ3v) is 3.28. The van der Waals surface area contributed by atoms with Crippen LogP contribution in [-0.2, 0) is 4.79 Å². The van der Waals surface area contributed by atoms with E-state index >= 15 is 0 Å². The Balaban J connectivity index is 1.83. The topological polar surface area (TPSA) is 71.4 Å². The van der Waals surface area contributed by atoms with Crippen LogP contribution in [0.15, 0.2) is 41.4 Å². The molecule has 1 aliphatic rings. The first-order chi connectivity index (χ1) is 10.5. The van der Waals surface area contributed by atoms with Crippen molar-refractivity contribution in [2.75, 3.05) is 5.32 Å². The van der Waals surface area contributed by atoms with Crippen molar-refractivity contribution in [3.8, 4) is 0 Å². The van der Waals surface area contributed by atoms with Gasteiger partial charge in [-0.25, -0.2) is 14.4 Å². The number of aliphatic imine (C=N–C) groups is 1. The predicted octanol–water partition coefficient (Wildman–Crippen LogP) is 2.68. The molecule has 1 aliphatic heterocycles. The van der Waals surface area contributed by atoms with Crippen LogP contribution in [0.1, 0.15) is 16.1 Å². The standard InChI is InChI=1S/C16H12FN3O2/c1-9-5-6-12-14(21)13(8-18-15(12)19-9)16(22)20-11-4-2-3-10(17)7-11/h2-8,13H,1H3,(H,20,22). The number of Topliss-reactive ketones (excluding diaryl/α,β-unsaturated/α-hetero) is 1. The number of benzene rings is 1. The Labute approximate surface area is 125 Å². The molecule has 0 fully saturated rings. The summed E-state index contributed by atoms with van der Waals surface area (Å²) in [6, 6.07) is 8.78. The molecule has 3 rings (SSSR count). The number of fused-ring (bicyclic) bond motifs is 1. The van der Waals surface area contributed by atoms with Gasteiger partial charge in [-0.15, -0.1) is 0 Å². The fourth-order valence-corrected chi connectivity index (χ4v) is 2.19. The maximum Gasteiger partial charge on any atom is 0.240 e. The number of pyridine rings is 1. The van der Waals surface area contributed by atoms with Gasteiger partial charge in [-0.3, -0.25) is 9.59 Å². The van der Waals surface area contributed by atoms with Gasteiger partial charge in [0.15, 0.2) is 11.6 Å². The summed E-state index contributed by atoms with van der Waals surface area (Å²) in [6.07, 6.45) is 1.27. The lowest BCUT2D eigenvalue weighted by Crippen LogP contribution is -2.32. The first-order valence-electron chi connectivity index (χ1n) is 6.67. The zero-order valence-corrected chi connectivity index (χ0v) is 11.7. The van der Waals surface area contributed by atoms with Crippen LogP contribution >= 0.6 is 0 Å². The third kappa shape index (κ3) is 2.63. The number of hydrogen-bond donors (Lipinski definition) is 1. The van der Waals surface area contributed by atoms with Crippen molar-refractivity contribution in [2.24, 2.45) is 10.9 Å². The highest BCUT2D eigenvalue weighted by molar-refractivity contribution is 6.25. The smallest absolute Gasteiger partial charge is 0.240 e. The fourth-order valence-electron chi connectivity index (χ4n) is 2.19. The second-order valence-electron chi connectivity index (χ2n) is 4.94. The Bertz CT molecular complexity index is 802. The largest absolute Gasteiger partial charge is 0.325 e. The number of hydrogen-bond acceptors (Lipinski definition) is 4. The third-order valence-electron chi connectivity index (χ3n) is 3.28. The maximum atomic E-state index is 13.1. The van der Waals surface area contributed by atoms with Gasteiger partial charge >= 0.3 is 0 Å². The van der Waals surface area contributed by atoms with E-state index in [1.165, 1.54) is 24.4 Å². The van der Waals surface area contributed by atoms with Crippen LogP contribution in [0.5, 0.6) is 0 Å². The van der Waals surface area contributed by atoms with Gasteiger partial charge in [-0.05, 0) is 37.3 Å². The minimum atomic E-state index is -1.04. The van der Waals surface area contributed by atoms with Gasteiger partial charge in [-0.2, -0.15) is 0 Å². The van der Waals surface area contributed by atoms with E-state index in [0.29, 0.717) is 17.1 Å². The van der Waals surface area contributed by atoms with E-state index in [9.17, 15) is 14.0 Å². The molecule has 0 radical (unpaired) electrons. The molecule has 5 nitrogen and oxygen atoms in total. The van der Waals surface area contributed by atoms with Crippen molar-refractivity contribution < 1.29 is 14.0 Å². The molecule has 110 valence electrons. The summed E-state index contributed by atoms with van der Waals surface area (Å²) in [5, 5.41) is 2.51. The van der Waals surface area contributed by atoms with Crippen LogP contribution in [0.4, 0.5) is 15.9 Å². The number of ketones is 1. The van der Waals surface area contributed by atoms with Crippen LogP contribution in [0.25, 0.3) is 0 Å². The van der Waals surface area contributed by atoms with Crippen LogP contribution in [0.2, 0.25) is 0 Å². The predicted molar refractivity (Wildman–Crippen MR) is 80.0 cm³/mol. The maximum absolute atomic E-state index is 13.1.